The summed E-state index contributed by atoms with van der Waals surface area (Å²) in [5.74, 6) is -3.22. The number of hydrogen-bond acceptors (Lipinski definition) is 14. The Hall–Kier alpha value is -4.87. The molecule has 0 unspecified atom stereocenters. The van der Waals surface area contributed by atoms with Gasteiger partial charge in [0.1, 0.15) is 36.1 Å². The molecule has 18 nitrogen and oxygen atoms in total. The van der Waals surface area contributed by atoms with Crippen molar-refractivity contribution < 1.29 is 65.9 Å². The molecule has 1 saturated heterocycles. The lowest BCUT2D eigenvalue weighted by atomic mass is 10.0. The zero-order valence-corrected chi connectivity index (χ0v) is 43.2. The third-order valence-corrected chi connectivity index (χ3v) is 11.4. The Morgan fingerprint density at radius 2 is 1.31 bits per heavy atom. The van der Waals surface area contributed by atoms with E-state index in [0.29, 0.717) is 17.7 Å². The smallest absolute Gasteiger partial charge is 0.458 e. The maximum atomic E-state index is 14.7. The van der Waals surface area contributed by atoms with E-state index in [9.17, 15) is 33.3 Å². The molecule has 1 aliphatic heterocycles. The van der Waals surface area contributed by atoms with Gasteiger partial charge in [-0.1, -0.05) is 56.3 Å². The summed E-state index contributed by atoms with van der Waals surface area (Å²) in [4.78, 5) is 83.1. The molecule has 68 heavy (non-hydrogen) atoms. The van der Waals surface area contributed by atoms with E-state index in [1.165, 1.54) is 4.90 Å². The maximum absolute atomic E-state index is 14.7. The van der Waals surface area contributed by atoms with E-state index < -0.39 is 96.8 Å². The van der Waals surface area contributed by atoms with Crippen LogP contribution in [-0.4, -0.2) is 107 Å². The fourth-order valence-electron chi connectivity index (χ4n) is 6.62. The molecule has 1 fully saturated rings. The Balaban J connectivity index is 1.85. The molecule has 380 valence electrons. The van der Waals surface area contributed by atoms with Gasteiger partial charge in [0.15, 0.2) is 6.04 Å². The molecule has 3 N–H and O–H groups in total. The highest BCUT2D eigenvalue weighted by Gasteiger charge is 2.43. The van der Waals surface area contributed by atoms with Crippen LogP contribution in [0.15, 0.2) is 54.6 Å². The number of esters is 2. The lowest BCUT2D eigenvalue weighted by Gasteiger charge is -2.33. The highest BCUT2D eigenvalue weighted by molar-refractivity contribution is 7.48. The quantitative estimate of drug-likeness (QED) is 0.0633. The zero-order chi connectivity index (χ0) is 51.3. The number of likely N-dealkylation sites (tertiary alicyclic amines) is 1. The lowest BCUT2D eigenvalue weighted by Crippen LogP contribution is -2.59. The third-order valence-electron chi connectivity index (χ3n) is 9.35. The van der Waals surface area contributed by atoms with Gasteiger partial charge >= 0.3 is 25.9 Å². The van der Waals surface area contributed by atoms with Gasteiger partial charge in [0.25, 0.3) is 0 Å². The van der Waals surface area contributed by atoms with Gasteiger partial charge in [0, 0.05) is 6.54 Å². The van der Waals surface area contributed by atoms with Gasteiger partial charge in [-0.05, 0) is 132 Å². The molecule has 0 aromatic heterocycles. The number of amides is 4. The van der Waals surface area contributed by atoms with E-state index in [-0.39, 0.29) is 44.9 Å². The van der Waals surface area contributed by atoms with Crippen LogP contribution in [0, 0.1) is 5.92 Å². The van der Waals surface area contributed by atoms with E-state index in [1.807, 2.05) is 44.2 Å². The molecule has 0 bridgehead atoms. The molecule has 4 amide bonds. The number of phosphoric ester groups is 1. The second-order valence-corrected chi connectivity index (χ2v) is 22.6. The van der Waals surface area contributed by atoms with Crippen LogP contribution in [0.5, 0.6) is 5.75 Å². The van der Waals surface area contributed by atoms with E-state index in [0.717, 1.165) is 5.56 Å². The number of ether oxygens (including phenoxy) is 4. The predicted molar refractivity (Wildman–Crippen MR) is 254 cm³/mol. The molecule has 2 aromatic carbocycles. The Morgan fingerprint density at radius 3 is 1.85 bits per heavy atom. The van der Waals surface area contributed by atoms with Crippen molar-refractivity contribution in [3.63, 3.8) is 0 Å². The number of rotatable bonds is 21. The summed E-state index contributed by atoms with van der Waals surface area (Å²) in [6.45, 7) is 23.0. The molecule has 0 radical (unpaired) electrons. The second kappa shape index (κ2) is 24.6. The first-order valence-corrected chi connectivity index (χ1v) is 24.5. The molecule has 4 atom stereocenters. The first-order valence-electron chi connectivity index (χ1n) is 23.0. The van der Waals surface area contributed by atoms with Gasteiger partial charge < -0.3 is 39.8 Å². The third kappa shape index (κ3) is 21.6. The van der Waals surface area contributed by atoms with E-state index >= 15 is 0 Å². The molecular weight excluding hydrogens is 900 g/mol. The Labute approximate surface area is 402 Å². The van der Waals surface area contributed by atoms with Crippen molar-refractivity contribution in [1.29, 1.82) is 0 Å². The Bertz CT molecular complexity index is 2030. The van der Waals surface area contributed by atoms with E-state index in [4.69, 9.17) is 32.5 Å². The lowest BCUT2D eigenvalue weighted by molar-refractivity contribution is -0.162. The number of hydrogen-bond donors (Lipinski definition) is 3. The van der Waals surface area contributed by atoms with Crippen molar-refractivity contribution in [1.82, 2.24) is 20.9 Å². The summed E-state index contributed by atoms with van der Waals surface area (Å²) >= 11 is 0. The summed E-state index contributed by atoms with van der Waals surface area (Å²) in [7, 11) is -4.45. The van der Waals surface area contributed by atoms with Crippen LogP contribution >= 0.6 is 7.82 Å². The van der Waals surface area contributed by atoms with Crippen LogP contribution in [0.3, 0.4) is 0 Å². The van der Waals surface area contributed by atoms with E-state index in [2.05, 4.69) is 16.0 Å². The average Bonchev–Trinajstić information content (AvgIpc) is 3.68. The van der Waals surface area contributed by atoms with Crippen LogP contribution in [0.25, 0.3) is 0 Å². The van der Waals surface area contributed by atoms with Crippen molar-refractivity contribution in [3.05, 3.63) is 65.7 Å². The van der Waals surface area contributed by atoms with Gasteiger partial charge in [-0.3, -0.25) is 32.7 Å². The minimum absolute atomic E-state index is 0.0879. The standard InChI is InChI=1S/C49H75N4O14P/c1-32(2)27-36(52-45(59)61-29-34-22-24-35(25-23-34)64-40(54)28-33-19-16-15-17-20-33)41(55)50-37(31-63-68(60,66-48(9,10)11)67-49(12,13)14)43(57)53-26-18-21-39(53)42(56)51-38(30-62-46(3,4)5)44(58)65-47(6,7)8/h15-17,19-20,22-25,32,36-39H,18,21,26-31H2,1-14H3,(H,50,55)(H,51,56)(H,52,59)/t36-,37-,38-,39-/m0/s1. The average molecular weight is 975 g/mol. The summed E-state index contributed by atoms with van der Waals surface area (Å²) in [5.41, 5.74) is -2.22. The summed E-state index contributed by atoms with van der Waals surface area (Å²) in [6.07, 6.45) is -0.118. The van der Waals surface area contributed by atoms with Crippen LogP contribution in [0.2, 0.25) is 0 Å². The SMILES string of the molecule is CC(C)C[C@H](NC(=O)OCc1ccc(OC(=O)Cc2ccccc2)cc1)C(=O)N[C@@H](COP(=O)(OC(C)(C)C)OC(C)(C)C)C(=O)N1CCC[C@H]1C(=O)N[C@@H](COC(C)(C)C)C(=O)OC(C)(C)C. The van der Waals surface area contributed by atoms with Gasteiger partial charge in [0.2, 0.25) is 17.7 Å². The van der Waals surface area contributed by atoms with Gasteiger partial charge in [-0.2, -0.15) is 0 Å². The number of alkyl carbamates (subject to hydrolysis) is 1. The first kappa shape index (κ1) is 57.4. The number of benzene rings is 2. The van der Waals surface area contributed by atoms with Crippen molar-refractivity contribution in [2.75, 3.05) is 19.8 Å². The topological polar surface area (TPSA) is 223 Å². The van der Waals surface area contributed by atoms with Crippen LogP contribution in [-0.2, 0) is 69.3 Å². The number of nitrogens with one attached hydrogen (secondary N) is 3. The summed E-state index contributed by atoms with van der Waals surface area (Å²) in [6, 6.07) is 10.4. The van der Waals surface area contributed by atoms with Crippen LogP contribution in [0.4, 0.5) is 4.79 Å². The van der Waals surface area contributed by atoms with Crippen molar-refractivity contribution >= 4 is 43.6 Å². The predicted octanol–water partition coefficient (Wildman–Crippen LogP) is 7.35. The second-order valence-electron chi connectivity index (χ2n) is 21.1. The van der Waals surface area contributed by atoms with Gasteiger partial charge in [0.05, 0.1) is 36.4 Å². The monoisotopic (exact) mass is 975 g/mol. The highest BCUT2D eigenvalue weighted by atomic mass is 31.2. The Kier molecular flexibility index (Phi) is 20.8. The normalized spacial score (nSPS) is 16.0. The zero-order valence-electron chi connectivity index (χ0n) is 42.3. The molecule has 19 heteroatoms. The summed E-state index contributed by atoms with van der Waals surface area (Å²) in [5, 5.41) is 7.98. The fraction of sp³-hybridized carbons (Fsp3) is 0.633. The van der Waals surface area contributed by atoms with E-state index in [1.54, 1.807) is 107 Å². The van der Waals surface area contributed by atoms with Gasteiger partial charge in [-0.15, -0.1) is 0 Å². The number of phosphoric acid groups is 1. The Morgan fingerprint density at radius 1 is 0.706 bits per heavy atom. The molecule has 1 heterocycles. The molecule has 0 aliphatic carbocycles. The summed E-state index contributed by atoms with van der Waals surface area (Å²) < 4.78 is 54.0. The highest BCUT2D eigenvalue weighted by Crippen LogP contribution is 2.55. The largest absolute Gasteiger partial charge is 0.475 e. The van der Waals surface area contributed by atoms with Crippen LogP contribution < -0.4 is 20.7 Å². The van der Waals surface area contributed by atoms with Gasteiger partial charge in [-0.25, -0.2) is 14.2 Å². The number of nitrogens with zero attached hydrogens (tertiary/aromatic N) is 1. The molecule has 0 spiro atoms. The molecule has 1 aliphatic rings. The minimum Gasteiger partial charge on any atom is -0.458 e. The number of carbonyl (C=O) groups is 6. The van der Waals surface area contributed by atoms with Crippen molar-refractivity contribution in [2.45, 2.75) is 176 Å². The molecular formula is C49H75N4O14P. The first-order chi connectivity index (χ1) is 31.3. The van der Waals surface area contributed by atoms with Crippen molar-refractivity contribution in [3.8, 4) is 5.75 Å². The number of carbonyl (C=O) groups excluding carboxylic acids is 6. The molecule has 0 saturated carbocycles. The maximum Gasteiger partial charge on any atom is 0.475 e. The minimum atomic E-state index is -4.45. The molecule has 3 rings (SSSR count). The van der Waals surface area contributed by atoms with Crippen LogP contribution in [0.1, 0.15) is 127 Å². The molecule has 2 aromatic rings. The van der Waals surface area contributed by atoms with Crippen molar-refractivity contribution in [2.24, 2.45) is 5.92 Å². The fourth-order valence-corrected chi connectivity index (χ4v) is 8.44.